The Morgan fingerprint density at radius 2 is 1.52 bits per heavy atom. The van der Waals surface area contributed by atoms with Gasteiger partial charge in [-0.25, -0.2) is 0 Å². The van der Waals surface area contributed by atoms with Crippen molar-refractivity contribution in [1.82, 2.24) is 0 Å². The second kappa shape index (κ2) is 8.75. The Labute approximate surface area is 162 Å². The molecule has 148 valence electrons. The molecule has 10 heteroatoms. The standard InChI is InChI=1S/C17H14Cl2F4O4/c1-2-14(26-15-12(18)7-9(24)8-13(15)19)25-10-3-5-11(6-4-10)27-17(22,23)16(20)21/h3-8,14,16,24H,2H2,1H3. The molecule has 0 bridgehead atoms. The topological polar surface area (TPSA) is 47.9 Å². The Bertz CT molecular complexity index is 749. The number of aromatic hydroxyl groups is 1. The summed E-state index contributed by atoms with van der Waals surface area (Å²) in [6.07, 6.45) is -9.04. The summed E-state index contributed by atoms with van der Waals surface area (Å²) in [5.41, 5.74) is 0. The molecule has 2 aromatic carbocycles. The van der Waals surface area contributed by atoms with E-state index < -0.39 is 24.6 Å². The highest BCUT2D eigenvalue weighted by molar-refractivity contribution is 6.37. The number of alkyl halides is 4. The predicted molar refractivity (Wildman–Crippen MR) is 91.5 cm³/mol. The summed E-state index contributed by atoms with van der Waals surface area (Å²) in [6, 6.07) is 7.10. The molecular weight excluding hydrogens is 415 g/mol. The molecule has 2 rings (SSSR count). The predicted octanol–water partition coefficient (Wildman–Crippen LogP) is 6.13. The number of phenols is 1. The lowest BCUT2D eigenvalue weighted by Crippen LogP contribution is -2.33. The highest BCUT2D eigenvalue weighted by Crippen LogP contribution is 2.37. The zero-order chi connectivity index (χ0) is 20.2. The van der Waals surface area contributed by atoms with E-state index in [0.717, 1.165) is 12.1 Å². The number of phenolic OH excluding ortho intramolecular Hbond substituents is 1. The van der Waals surface area contributed by atoms with Gasteiger partial charge in [-0.1, -0.05) is 30.1 Å². The molecule has 4 nitrogen and oxygen atoms in total. The summed E-state index contributed by atoms with van der Waals surface area (Å²) in [5.74, 6) is -0.283. The van der Waals surface area contributed by atoms with Gasteiger partial charge in [0.15, 0.2) is 5.75 Å². The van der Waals surface area contributed by atoms with E-state index in [4.69, 9.17) is 32.7 Å². The van der Waals surface area contributed by atoms with Crippen molar-refractivity contribution in [3.8, 4) is 23.0 Å². The quantitative estimate of drug-likeness (QED) is 0.405. The summed E-state index contributed by atoms with van der Waals surface area (Å²) >= 11 is 11.9. The van der Waals surface area contributed by atoms with Crippen molar-refractivity contribution in [3.63, 3.8) is 0 Å². The van der Waals surface area contributed by atoms with Crippen molar-refractivity contribution in [2.75, 3.05) is 0 Å². The van der Waals surface area contributed by atoms with Gasteiger partial charge in [0.1, 0.15) is 17.2 Å². The minimum absolute atomic E-state index is 0.0695. The van der Waals surface area contributed by atoms with Gasteiger partial charge in [-0.15, -0.1) is 0 Å². The lowest BCUT2D eigenvalue weighted by Gasteiger charge is -2.21. The van der Waals surface area contributed by atoms with Crippen molar-refractivity contribution < 1.29 is 36.9 Å². The Hall–Kier alpha value is -2.06. The molecule has 0 saturated heterocycles. The second-order valence-electron chi connectivity index (χ2n) is 5.25. The molecule has 0 heterocycles. The van der Waals surface area contributed by atoms with Crippen molar-refractivity contribution in [2.45, 2.75) is 32.2 Å². The molecule has 1 unspecified atom stereocenters. The maximum atomic E-state index is 12.9. The van der Waals surface area contributed by atoms with E-state index in [1.807, 2.05) is 0 Å². The molecular formula is C17H14Cl2F4O4. The molecule has 2 aromatic rings. The van der Waals surface area contributed by atoms with Crippen LogP contribution < -0.4 is 14.2 Å². The van der Waals surface area contributed by atoms with E-state index in [-0.39, 0.29) is 27.3 Å². The minimum atomic E-state index is -4.59. The lowest BCUT2D eigenvalue weighted by molar-refractivity contribution is -0.253. The van der Waals surface area contributed by atoms with Crippen LogP contribution in [-0.2, 0) is 0 Å². The molecule has 0 fully saturated rings. The largest absolute Gasteiger partial charge is 0.508 e. The minimum Gasteiger partial charge on any atom is -0.508 e. The van der Waals surface area contributed by atoms with Crippen LogP contribution in [0.4, 0.5) is 17.6 Å². The van der Waals surface area contributed by atoms with Gasteiger partial charge in [0.05, 0.1) is 10.0 Å². The van der Waals surface area contributed by atoms with E-state index in [0.29, 0.717) is 6.42 Å². The first-order chi connectivity index (χ1) is 12.6. The van der Waals surface area contributed by atoms with Crippen LogP contribution in [0.1, 0.15) is 13.3 Å². The summed E-state index contributed by atoms with van der Waals surface area (Å²) in [4.78, 5) is 0. The SMILES string of the molecule is CCC(Oc1ccc(OC(F)(F)C(F)F)cc1)Oc1c(Cl)cc(O)cc1Cl. The normalized spacial score (nSPS) is 12.7. The van der Waals surface area contributed by atoms with Gasteiger partial charge in [-0.3, -0.25) is 0 Å². The van der Waals surface area contributed by atoms with E-state index in [2.05, 4.69) is 4.74 Å². The van der Waals surface area contributed by atoms with Gasteiger partial charge < -0.3 is 19.3 Å². The number of hydrogen-bond acceptors (Lipinski definition) is 4. The number of benzene rings is 2. The second-order valence-corrected chi connectivity index (χ2v) is 6.06. The van der Waals surface area contributed by atoms with Gasteiger partial charge in [-0.05, 0) is 24.3 Å². The van der Waals surface area contributed by atoms with E-state index in [1.54, 1.807) is 6.92 Å². The molecule has 0 radical (unpaired) electrons. The number of rotatable bonds is 8. The first-order valence-electron chi connectivity index (χ1n) is 7.58. The average Bonchev–Trinajstić information content (AvgIpc) is 2.58. The number of ether oxygens (including phenoxy) is 3. The van der Waals surface area contributed by atoms with Crippen LogP contribution in [0.3, 0.4) is 0 Å². The van der Waals surface area contributed by atoms with Gasteiger partial charge in [0, 0.05) is 18.6 Å². The van der Waals surface area contributed by atoms with Crippen molar-refractivity contribution in [3.05, 3.63) is 46.4 Å². The molecule has 1 N–H and O–H groups in total. The van der Waals surface area contributed by atoms with E-state index in [1.165, 1.54) is 24.3 Å². The van der Waals surface area contributed by atoms with Gasteiger partial charge in [-0.2, -0.15) is 17.6 Å². The summed E-state index contributed by atoms with van der Waals surface area (Å²) in [5, 5.41) is 9.56. The zero-order valence-electron chi connectivity index (χ0n) is 13.8. The Morgan fingerprint density at radius 3 is 2.00 bits per heavy atom. The van der Waals surface area contributed by atoms with Crippen LogP contribution in [-0.4, -0.2) is 23.9 Å². The first-order valence-corrected chi connectivity index (χ1v) is 8.34. The third-order valence-corrected chi connectivity index (χ3v) is 3.73. The van der Waals surface area contributed by atoms with Crippen LogP contribution in [0.25, 0.3) is 0 Å². The fourth-order valence-electron chi connectivity index (χ4n) is 1.92. The van der Waals surface area contributed by atoms with Gasteiger partial charge in [0.2, 0.25) is 6.29 Å². The molecule has 27 heavy (non-hydrogen) atoms. The van der Waals surface area contributed by atoms with E-state index in [9.17, 15) is 22.7 Å². The third-order valence-electron chi connectivity index (χ3n) is 3.16. The van der Waals surface area contributed by atoms with Crippen molar-refractivity contribution >= 4 is 23.2 Å². The maximum absolute atomic E-state index is 12.9. The smallest absolute Gasteiger partial charge is 0.461 e. The molecule has 0 aliphatic carbocycles. The van der Waals surface area contributed by atoms with Crippen molar-refractivity contribution in [2.24, 2.45) is 0 Å². The van der Waals surface area contributed by atoms with Crippen LogP contribution in [0.5, 0.6) is 23.0 Å². The molecule has 1 atom stereocenters. The highest BCUT2D eigenvalue weighted by Gasteiger charge is 2.43. The monoisotopic (exact) mass is 428 g/mol. The highest BCUT2D eigenvalue weighted by atomic mass is 35.5. The molecule has 0 aliphatic heterocycles. The lowest BCUT2D eigenvalue weighted by atomic mass is 10.3. The van der Waals surface area contributed by atoms with Crippen molar-refractivity contribution in [1.29, 1.82) is 0 Å². The number of halogens is 6. The summed E-state index contributed by atoms with van der Waals surface area (Å²) in [6.45, 7) is 1.74. The third kappa shape index (κ3) is 5.71. The van der Waals surface area contributed by atoms with Gasteiger partial charge in [0.25, 0.3) is 0 Å². The van der Waals surface area contributed by atoms with E-state index >= 15 is 0 Å². The molecule has 0 saturated carbocycles. The molecule has 0 aromatic heterocycles. The molecule has 0 amide bonds. The first kappa shape index (κ1) is 21.2. The number of hydrogen-bond donors (Lipinski definition) is 1. The van der Waals surface area contributed by atoms with Crippen LogP contribution >= 0.6 is 23.2 Å². The van der Waals surface area contributed by atoms with Crippen LogP contribution in [0.15, 0.2) is 36.4 Å². The summed E-state index contributed by atoms with van der Waals surface area (Å²) < 4.78 is 65.1. The molecule has 0 aliphatic rings. The average molecular weight is 429 g/mol. The van der Waals surface area contributed by atoms with Crippen LogP contribution in [0.2, 0.25) is 10.0 Å². The molecule has 0 spiro atoms. The fourth-order valence-corrected chi connectivity index (χ4v) is 2.49. The Balaban J connectivity index is 2.07. The van der Waals surface area contributed by atoms with Crippen LogP contribution in [0, 0.1) is 0 Å². The van der Waals surface area contributed by atoms with Gasteiger partial charge >= 0.3 is 12.5 Å². The Morgan fingerprint density at radius 1 is 1.00 bits per heavy atom. The fraction of sp³-hybridized carbons (Fsp3) is 0.294. The Kier molecular flexibility index (Phi) is 6.89. The maximum Gasteiger partial charge on any atom is 0.461 e. The zero-order valence-corrected chi connectivity index (χ0v) is 15.3. The summed E-state index contributed by atoms with van der Waals surface area (Å²) in [7, 11) is 0.